The van der Waals surface area contributed by atoms with Crippen LogP contribution in [0, 0.1) is 0 Å². The Labute approximate surface area is 201 Å². The van der Waals surface area contributed by atoms with Gasteiger partial charge in [-0.1, -0.05) is 31.0 Å². The molecule has 0 saturated carbocycles. The molecule has 2 aromatic rings. The minimum atomic E-state index is -3.76. The van der Waals surface area contributed by atoms with Crippen molar-refractivity contribution < 1.29 is 22.7 Å². The molecule has 2 heterocycles. The molecule has 8 nitrogen and oxygen atoms in total. The molecule has 184 valence electrons. The van der Waals surface area contributed by atoms with Gasteiger partial charge in [-0.2, -0.15) is 4.31 Å². The molecule has 0 unspecified atom stereocenters. The molecule has 4 rings (SSSR count). The van der Waals surface area contributed by atoms with Gasteiger partial charge in [0, 0.05) is 26.2 Å². The maximum Gasteiger partial charge on any atom is 0.246 e. The van der Waals surface area contributed by atoms with E-state index >= 15 is 0 Å². The number of nitrogens with zero attached hydrogens (tertiary/aromatic N) is 2. The normalized spacial score (nSPS) is 17.7. The zero-order valence-corrected chi connectivity index (χ0v) is 20.5. The lowest BCUT2D eigenvalue weighted by Gasteiger charge is -2.27. The highest BCUT2D eigenvalue weighted by molar-refractivity contribution is 7.89. The van der Waals surface area contributed by atoms with E-state index in [2.05, 4.69) is 10.2 Å². The molecule has 0 spiro atoms. The van der Waals surface area contributed by atoms with Gasteiger partial charge < -0.3 is 19.7 Å². The third-order valence-electron chi connectivity index (χ3n) is 6.31. The lowest BCUT2D eigenvalue weighted by atomic mass is 10.1. The van der Waals surface area contributed by atoms with E-state index in [1.807, 2.05) is 24.3 Å². The molecule has 2 aliphatic heterocycles. The van der Waals surface area contributed by atoms with Crippen molar-refractivity contribution in [3.8, 4) is 5.75 Å². The van der Waals surface area contributed by atoms with Gasteiger partial charge in [0.2, 0.25) is 15.9 Å². The number of nitrogens with one attached hydrogen (secondary N) is 1. The molecule has 2 aromatic carbocycles. The fourth-order valence-corrected chi connectivity index (χ4v) is 6.12. The summed E-state index contributed by atoms with van der Waals surface area (Å²) in [5, 5.41) is 3.04. The summed E-state index contributed by atoms with van der Waals surface area (Å²) >= 11 is 0. The number of morpholine rings is 1. The Bertz CT molecular complexity index is 1090. The first-order valence-corrected chi connectivity index (χ1v) is 13.3. The smallest absolute Gasteiger partial charge is 0.246 e. The topological polar surface area (TPSA) is 88.2 Å². The Balaban J connectivity index is 1.51. The van der Waals surface area contributed by atoms with Crippen molar-refractivity contribution in [3.05, 3.63) is 48.0 Å². The molecule has 1 amide bonds. The zero-order valence-electron chi connectivity index (χ0n) is 19.7. The number of hydrogen-bond donors (Lipinski definition) is 1. The van der Waals surface area contributed by atoms with Crippen LogP contribution in [0.3, 0.4) is 0 Å². The van der Waals surface area contributed by atoms with Gasteiger partial charge in [-0.15, -0.1) is 0 Å². The number of sulfonamides is 1. The summed E-state index contributed by atoms with van der Waals surface area (Å²) in [5.41, 5.74) is 2.42. The maximum atomic E-state index is 13.2. The molecule has 2 aliphatic rings. The predicted octanol–water partition coefficient (Wildman–Crippen LogP) is 3.28. The van der Waals surface area contributed by atoms with Crippen LogP contribution in [0.15, 0.2) is 47.4 Å². The standard InChI is InChI=1S/C25H33N3O5S/c1-32-23-11-10-20(18-24(23)34(30,31)28-14-16-33-17-15-28)19-25(29)26-21-8-4-5-9-22(21)27-12-6-2-3-7-13-27/h4-5,8-11,18H,2-3,6-7,12-17,19H2,1H3,(H,26,29). The minimum Gasteiger partial charge on any atom is -0.495 e. The van der Waals surface area contributed by atoms with Crippen LogP contribution in [0.25, 0.3) is 0 Å². The molecule has 1 N–H and O–H groups in total. The van der Waals surface area contributed by atoms with Crippen LogP contribution in [-0.4, -0.2) is 65.1 Å². The van der Waals surface area contributed by atoms with E-state index in [4.69, 9.17) is 9.47 Å². The van der Waals surface area contributed by atoms with E-state index in [0.29, 0.717) is 31.9 Å². The van der Waals surface area contributed by atoms with Gasteiger partial charge in [-0.05, 0) is 42.7 Å². The van der Waals surface area contributed by atoms with Crippen molar-refractivity contribution in [3.63, 3.8) is 0 Å². The largest absolute Gasteiger partial charge is 0.495 e. The second kappa shape index (κ2) is 11.2. The number of methoxy groups -OCH3 is 1. The SMILES string of the molecule is COc1ccc(CC(=O)Nc2ccccc2N2CCCCCC2)cc1S(=O)(=O)N1CCOCC1. The van der Waals surface area contributed by atoms with Crippen molar-refractivity contribution >= 4 is 27.3 Å². The summed E-state index contributed by atoms with van der Waals surface area (Å²) in [6, 6.07) is 12.8. The fraction of sp³-hybridized carbons (Fsp3) is 0.480. The summed E-state index contributed by atoms with van der Waals surface area (Å²) in [7, 11) is -2.31. The van der Waals surface area contributed by atoms with Gasteiger partial charge >= 0.3 is 0 Å². The lowest BCUT2D eigenvalue weighted by molar-refractivity contribution is -0.115. The Hall–Kier alpha value is -2.62. The summed E-state index contributed by atoms with van der Waals surface area (Å²) < 4.78 is 38.5. The average molecular weight is 488 g/mol. The summed E-state index contributed by atoms with van der Waals surface area (Å²) in [4.78, 5) is 15.4. The second-order valence-corrected chi connectivity index (χ2v) is 10.6. The van der Waals surface area contributed by atoms with Gasteiger partial charge in [0.15, 0.2) is 0 Å². The first-order chi connectivity index (χ1) is 16.5. The van der Waals surface area contributed by atoms with Gasteiger partial charge in [0.1, 0.15) is 10.6 Å². The van der Waals surface area contributed by atoms with E-state index in [1.165, 1.54) is 24.3 Å². The van der Waals surface area contributed by atoms with E-state index in [0.717, 1.165) is 37.3 Å². The molecule has 0 aliphatic carbocycles. The molecule has 0 aromatic heterocycles. The van der Waals surface area contributed by atoms with Crippen LogP contribution in [-0.2, 0) is 26.0 Å². The van der Waals surface area contributed by atoms with Crippen molar-refractivity contribution in [1.29, 1.82) is 0 Å². The van der Waals surface area contributed by atoms with Crippen LogP contribution < -0.4 is 15.0 Å². The minimum absolute atomic E-state index is 0.0595. The van der Waals surface area contributed by atoms with E-state index < -0.39 is 10.0 Å². The number of carbonyl (C=O) groups excluding carboxylic acids is 1. The van der Waals surface area contributed by atoms with E-state index in [1.54, 1.807) is 18.2 Å². The van der Waals surface area contributed by atoms with Gasteiger partial charge in [0.05, 0.1) is 38.1 Å². The molecule has 0 bridgehead atoms. The first kappa shape index (κ1) is 24.5. The highest BCUT2D eigenvalue weighted by Gasteiger charge is 2.29. The number of para-hydroxylation sites is 2. The summed E-state index contributed by atoms with van der Waals surface area (Å²) in [5.74, 6) is 0.0734. The molecule has 0 radical (unpaired) electrons. The Kier molecular flexibility index (Phi) is 8.07. The van der Waals surface area contributed by atoms with Crippen LogP contribution in [0.2, 0.25) is 0 Å². The zero-order chi connectivity index (χ0) is 24.0. The van der Waals surface area contributed by atoms with Crippen LogP contribution in [0.5, 0.6) is 5.75 Å². The second-order valence-electron chi connectivity index (χ2n) is 8.65. The number of carbonyl (C=O) groups is 1. The van der Waals surface area contributed by atoms with Gasteiger partial charge in [-0.3, -0.25) is 4.79 Å². The molecule has 0 atom stereocenters. The van der Waals surface area contributed by atoms with Crippen molar-refractivity contribution in [2.24, 2.45) is 0 Å². The van der Waals surface area contributed by atoms with Crippen molar-refractivity contribution in [1.82, 2.24) is 4.31 Å². The lowest BCUT2D eigenvalue weighted by Crippen LogP contribution is -2.40. The quantitative estimate of drug-likeness (QED) is 0.645. The number of hydrogen-bond acceptors (Lipinski definition) is 6. The maximum absolute atomic E-state index is 13.2. The highest BCUT2D eigenvalue weighted by Crippen LogP contribution is 2.30. The third kappa shape index (κ3) is 5.71. The Morgan fingerprint density at radius 3 is 2.41 bits per heavy atom. The number of benzene rings is 2. The molecule has 2 saturated heterocycles. The third-order valence-corrected chi connectivity index (χ3v) is 8.23. The van der Waals surface area contributed by atoms with Crippen LogP contribution in [0.1, 0.15) is 31.2 Å². The first-order valence-electron chi connectivity index (χ1n) is 11.9. The van der Waals surface area contributed by atoms with Crippen molar-refractivity contribution in [2.45, 2.75) is 37.0 Å². The van der Waals surface area contributed by atoms with Crippen LogP contribution in [0.4, 0.5) is 11.4 Å². The molecular weight excluding hydrogens is 454 g/mol. The summed E-state index contributed by atoms with van der Waals surface area (Å²) in [6.45, 7) is 3.27. The monoisotopic (exact) mass is 487 g/mol. The highest BCUT2D eigenvalue weighted by atomic mass is 32.2. The van der Waals surface area contributed by atoms with Gasteiger partial charge in [0.25, 0.3) is 0 Å². The molecule has 34 heavy (non-hydrogen) atoms. The Morgan fingerprint density at radius 1 is 1.00 bits per heavy atom. The van der Waals surface area contributed by atoms with Crippen LogP contribution >= 0.6 is 0 Å². The number of amides is 1. The summed E-state index contributed by atoms with van der Waals surface area (Å²) in [6.07, 6.45) is 4.82. The van der Waals surface area contributed by atoms with E-state index in [-0.39, 0.29) is 23.0 Å². The van der Waals surface area contributed by atoms with Crippen molar-refractivity contribution in [2.75, 3.05) is 56.7 Å². The Morgan fingerprint density at radius 2 is 1.71 bits per heavy atom. The number of rotatable bonds is 7. The average Bonchev–Trinajstić information content (AvgIpc) is 3.14. The molecule has 9 heteroatoms. The molecular formula is C25H33N3O5S. The fourth-order valence-electron chi connectivity index (χ4n) is 4.51. The number of ether oxygens (including phenoxy) is 2. The number of anilines is 2. The van der Waals surface area contributed by atoms with E-state index in [9.17, 15) is 13.2 Å². The predicted molar refractivity (Wildman–Crippen MR) is 132 cm³/mol. The van der Waals surface area contributed by atoms with Gasteiger partial charge in [-0.25, -0.2) is 8.42 Å². The molecule has 2 fully saturated rings.